The Balaban J connectivity index is 1.37. The molecule has 10 heteroatoms. The van der Waals surface area contributed by atoms with Crippen LogP contribution in [-0.2, 0) is 13.3 Å². The van der Waals surface area contributed by atoms with E-state index < -0.39 is 0 Å². The van der Waals surface area contributed by atoms with E-state index in [-0.39, 0.29) is 18.3 Å². The summed E-state index contributed by atoms with van der Waals surface area (Å²) in [6, 6.07) is 14.6. The third-order valence-electron chi connectivity index (χ3n) is 4.25. The molecule has 4 aromatic rings. The molecular weight excluding hydrogens is 550 g/mol. The van der Waals surface area contributed by atoms with E-state index in [1.165, 1.54) is 4.68 Å². The van der Waals surface area contributed by atoms with Crippen LogP contribution < -0.4 is 10.1 Å². The van der Waals surface area contributed by atoms with Gasteiger partial charge in [-0.1, -0.05) is 39.7 Å². The molecule has 2 aromatic carbocycles. The molecule has 0 fully saturated rings. The van der Waals surface area contributed by atoms with E-state index in [1.54, 1.807) is 30.6 Å². The Hall–Kier alpha value is -2.62. The fourth-order valence-electron chi connectivity index (χ4n) is 2.84. The Morgan fingerprint density at radius 1 is 1.10 bits per heavy atom. The molecule has 4 rings (SSSR count). The standard InChI is InChI=1S/C21H16Br2ClN5O2/c22-15-4-5-20(18(24)9-15)31-13-28-7-6-19(27-28)21(30)26-17-3-1-2-14(8-17)11-29-12-16(23)10-25-29/h1-10,12H,11,13H2,(H,26,30). The molecule has 0 aliphatic carbocycles. The highest BCUT2D eigenvalue weighted by atomic mass is 79.9. The number of nitrogens with one attached hydrogen (secondary N) is 1. The second kappa shape index (κ2) is 9.67. The molecule has 0 radical (unpaired) electrons. The van der Waals surface area contributed by atoms with Crippen molar-refractivity contribution < 1.29 is 9.53 Å². The third kappa shape index (κ3) is 5.75. The minimum atomic E-state index is -0.306. The van der Waals surface area contributed by atoms with Crippen molar-refractivity contribution in [2.75, 3.05) is 5.32 Å². The van der Waals surface area contributed by atoms with Gasteiger partial charge in [-0.3, -0.25) is 9.48 Å². The van der Waals surface area contributed by atoms with Crippen LogP contribution in [0.4, 0.5) is 5.69 Å². The molecule has 0 atom stereocenters. The van der Waals surface area contributed by atoms with E-state index in [1.807, 2.05) is 41.2 Å². The molecule has 0 bridgehead atoms. The first-order valence-corrected chi connectivity index (χ1v) is 11.1. The van der Waals surface area contributed by atoms with Crippen LogP contribution in [0.1, 0.15) is 16.1 Å². The number of benzene rings is 2. The van der Waals surface area contributed by atoms with E-state index in [4.69, 9.17) is 16.3 Å². The zero-order valence-electron chi connectivity index (χ0n) is 16.0. The van der Waals surface area contributed by atoms with E-state index in [0.29, 0.717) is 23.0 Å². The van der Waals surface area contributed by atoms with Gasteiger partial charge in [0.15, 0.2) is 12.4 Å². The molecular formula is C21H16Br2ClN5O2. The number of carbonyl (C=O) groups is 1. The lowest BCUT2D eigenvalue weighted by molar-refractivity contribution is 0.102. The Labute approximate surface area is 200 Å². The number of nitrogens with zero attached hydrogens (tertiary/aromatic N) is 4. The first kappa shape index (κ1) is 21.6. The molecule has 0 saturated heterocycles. The lowest BCUT2D eigenvalue weighted by Gasteiger charge is -2.08. The van der Waals surface area contributed by atoms with Gasteiger partial charge in [-0.05, 0) is 57.9 Å². The summed E-state index contributed by atoms with van der Waals surface area (Å²) >= 11 is 12.9. The lowest BCUT2D eigenvalue weighted by atomic mass is 10.2. The number of anilines is 1. The largest absolute Gasteiger partial charge is 0.470 e. The number of aromatic nitrogens is 4. The number of amides is 1. The molecule has 2 heterocycles. The Morgan fingerprint density at radius 3 is 2.74 bits per heavy atom. The summed E-state index contributed by atoms with van der Waals surface area (Å²) in [6.07, 6.45) is 5.30. The molecule has 0 unspecified atom stereocenters. The van der Waals surface area contributed by atoms with Crippen LogP contribution >= 0.6 is 43.5 Å². The van der Waals surface area contributed by atoms with Crippen LogP contribution in [0.2, 0.25) is 5.02 Å². The number of carbonyl (C=O) groups excluding carboxylic acids is 1. The molecule has 0 aliphatic heterocycles. The smallest absolute Gasteiger partial charge is 0.276 e. The normalized spacial score (nSPS) is 10.8. The summed E-state index contributed by atoms with van der Waals surface area (Å²) in [5, 5.41) is 11.9. The van der Waals surface area contributed by atoms with Crippen molar-refractivity contribution in [1.82, 2.24) is 19.6 Å². The highest BCUT2D eigenvalue weighted by Crippen LogP contribution is 2.27. The fourth-order valence-corrected chi connectivity index (χ4v) is 3.89. The number of hydrogen-bond donors (Lipinski definition) is 1. The van der Waals surface area contributed by atoms with Gasteiger partial charge in [-0.25, -0.2) is 4.68 Å². The van der Waals surface area contributed by atoms with Gasteiger partial charge in [0.05, 0.1) is 22.2 Å². The molecule has 0 aliphatic rings. The average Bonchev–Trinajstić information content (AvgIpc) is 3.37. The van der Waals surface area contributed by atoms with E-state index in [9.17, 15) is 4.79 Å². The fraction of sp³-hybridized carbons (Fsp3) is 0.0952. The first-order chi connectivity index (χ1) is 15.0. The van der Waals surface area contributed by atoms with Gasteiger partial charge in [0.1, 0.15) is 5.75 Å². The minimum absolute atomic E-state index is 0.129. The molecule has 1 amide bonds. The Kier molecular flexibility index (Phi) is 6.74. The van der Waals surface area contributed by atoms with Gasteiger partial charge in [0.25, 0.3) is 5.91 Å². The maximum absolute atomic E-state index is 12.6. The zero-order chi connectivity index (χ0) is 21.8. The summed E-state index contributed by atoms with van der Waals surface area (Å²) in [5.41, 5.74) is 1.98. The number of ether oxygens (including phenoxy) is 1. The van der Waals surface area contributed by atoms with Gasteiger partial charge in [0, 0.05) is 22.6 Å². The summed E-state index contributed by atoms with van der Waals surface area (Å²) in [5.74, 6) is 0.229. The molecule has 0 spiro atoms. The topological polar surface area (TPSA) is 74.0 Å². The van der Waals surface area contributed by atoms with Crippen molar-refractivity contribution in [3.8, 4) is 5.75 Å². The van der Waals surface area contributed by atoms with Crippen LogP contribution in [0.15, 0.2) is 76.1 Å². The van der Waals surface area contributed by atoms with E-state index >= 15 is 0 Å². The highest BCUT2D eigenvalue weighted by Gasteiger charge is 2.11. The van der Waals surface area contributed by atoms with Crippen LogP contribution in [0.3, 0.4) is 0 Å². The van der Waals surface area contributed by atoms with Crippen molar-refractivity contribution in [1.29, 1.82) is 0 Å². The number of hydrogen-bond acceptors (Lipinski definition) is 4. The number of rotatable bonds is 7. The van der Waals surface area contributed by atoms with Gasteiger partial charge in [-0.15, -0.1) is 0 Å². The highest BCUT2D eigenvalue weighted by molar-refractivity contribution is 9.10. The Morgan fingerprint density at radius 2 is 1.97 bits per heavy atom. The third-order valence-corrected chi connectivity index (χ3v) is 5.45. The molecule has 0 saturated carbocycles. The van der Waals surface area contributed by atoms with Gasteiger partial charge >= 0.3 is 0 Å². The minimum Gasteiger partial charge on any atom is -0.470 e. The summed E-state index contributed by atoms with van der Waals surface area (Å²) in [6.45, 7) is 0.726. The maximum Gasteiger partial charge on any atom is 0.276 e. The molecule has 1 N–H and O–H groups in total. The second-order valence-electron chi connectivity index (χ2n) is 6.60. The predicted molar refractivity (Wildman–Crippen MR) is 125 cm³/mol. The monoisotopic (exact) mass is 563 g/mol. The van der Waals surface area contributed by atoms with Crippen LogP contribution in [0.25, 0.3) is 0 Å². The van der Waals surface area contributed by atoms with Crippen LogP contribution in [0, 0.1) is 0 Å². The second-order valence-corrected chi connectivity index (χ2v) is 8.84. The SMILES string of the molecule is O=C(Nc1cccc(Cn2cc(Br)cn2)c1)c1ccn(COc2ccc(Br)cc2Cl)n1. The lowest BCUT2D eigenvalue weighted by Crippen LogP contribution is -2.14. The van der Waals surface area contributed by atoms with Crippen LogP contribution in [-0.4, -0.2) is 25.5 Å². The van der Waals surface area contributed by atoms with Crippen molar-refractivity contribution in [2.45, 2.75) is 13.3 Å². The molecule has 7 nitrogen and oxygen atoms in total. The van der Waals surface area contributed by atoms with Crippen molar-refractivity contribution in [3.05, 3.63) is 92.3 Å². The maximum atomic E-state index is 12.6. The molecule has 158 valence electrons. The summed E-state index contributed by atoms with van der Waals surface area (Å²) < 4.78 is 10.8. The average molecular weight is 566 g/mol. The summed E-state index contributed by atoms with van der Waals surface area (Å²) in [4.78, 5) is 12.6. The predicted octanol–water partition coefficient (Wildman–Crippen LogP) is 5.60. The number of halogens is 3. The molecule has 2 aromatic heterocycles. The van der Waals surface area contributed by atoms with Crippen molar-refractivity contribution >= 4 is 55.1 Å². The summed E-state index contributed by atoms with van der Waals surface area (Å²) in [7, 11) is 0. The first-order valence-electron chi connectivity index (χ1n) is 9.16. The van der Waals surface area contributed by atoms with E-state index in [2.05, 4.69) is 47.4 Å². The van der Waals surface area contributed by atoms with Crippen molar-refractivity contribution in [3.63, 3.8) is 0 Å². The van der Waals surface area contributed by atoms with Gasteiger partial charge in [-0.2, -0.15) is 10.2 Å². The van der Waals surface area contributed by atoms with Crippen molar-refractivity contribution in [2.24, 2.45) is 0 Å². The van der Waals surface area contributed by atoms with E-state index in [0.717, 1.165) is 14.5 Å². The van der Waals surface area contributed by atoms with Gasteiger partial charge < -0.3 is 10.1 Å². The molecule has 31 heavy (non-hydrogen) atoms. The Bertz CT molecular complexity index is 1220. The zero-order valence-corrected chi connectivity index (χ0v) is 19.9. The van der Waals surface area contributed by atoms with Gasteiger partial charge in [0.2, 0.25) is 0 Å². The van der Waals surface area contributed by atoms with Crippen LogP contribution in [0.5, 0.6) is 5.75 Å². The quantitative estimate of drug-likeness (QED) is 0.317.